The van der Waals surface area contributed by atoms with Gasteiger partial charge in [0.2, 0.25) is 0 Å². The van der Waals surface area contributed by atoms with Gasteiger partial charge < -0.3 is 19.7 Å². The van der Waals surface area contributed by atoms with E-state index in [0.717, 1.165) is 44.9 Å². The number of rotatable bonds is 7. The highest BCUT2D eigenvalue weighted by Gasteiger charge is 2.62. The standard InChI is InChI=1S/C21H32O6/c1-4-19-6-5-15-7-20(11-19,13-21(25,8-15)12-19)18(24)26-10-16(9-22)27-17(23)14(2)3/h15-16,22,25H,2,4-13H2,1,3H3. The minimum atomic E-state index is -0.905. The molecular formula is C21H32O6. The fourth-order valence-electron chi connectivity index (χ4n) is 5.93. The molecule has 0 amide bonds. The van der Waals surface area contributed by atoms with Crippen LogP contribution in [0.2, 0.25) is 0 Å². The Bertz CT molecular complexity index is 630. The highest BCUT2D eigenvalue weighted by molar-refractivity contribution is 5.87. The quantitative estimate of drug-likeness (QED) is 0.521. The zero-order valence-electron chi connectivity index (χ0n) is 16.5. The van der Waals surface area contributed by atoms with Crippen LogP contribution in [0.3, 0.4) is 0 Å². The first kappa shape index (κ1) is 20.3. The second-order valence-electron chi connectivity index (χ2n) is 9.29. The summed E-state index contributed by atoms with van der Waals surface area (Å²) in [6.45, 7) is 6.57. The highest BCUT2D eigenvalue weighted by atomic mass is 16.6. The van der Waals surface area contributed by atoms with Crippen LogP contribution in [0.25, 0.3) is 0 Å². The lowest BCUT2D eigenvalue weighted by atomic mass is 9.52. The summed E-state index contributed by atoms with van der Waals surface area (Å²) in [7, 11) is 0. The molecule has 4 aliphatic carbocycles. The zero-order valence-corrected chi connectivity index (χ0v) is 16.5. The molecule has 5 atom stereocenters. The highest BCUT2D eigenvalue weighted by Crippen LogP contribution is 2.65. The summed E-state index contributed by atoms with van der Waals surface area (Å²) < 4.78 is 10.6. The van der Waals surface area contributed by atoms with Gasteiger partial charge in [0.25, 0.3) is 0 Å². The topological polar surface area (TPSA) is 93.1 Å². The number of aliphatic hydroxyl groups is 2. The van der Waals surface area contributed by atoms with Gasteiger partial charge in [-0.1, -0.05) is 19.9 Å². The van der Waals surface area contributed by atoms with E-state index < -0.39 is 29.7 Å². The summed E-state index contributed by atoms with van der Waals surface area (Å²) in [6.07, 6.45) is 5.67. The number of esters is 2. The molecule has 4 aliphatic rings. The molecule has 6 heteroatoms. The molecule has 27 heavy (non-hydrogen) atoms. The molecule has 6 nitrogen and oxygen atoms in total. The van der Waals surface area contributed by atoms with Gasteiger partial charge in [0.05, 0.1) is 17.6 Å². The summed E-state index contributed by atoms with van der Waals surface area (Å²) >= 11 is 0. The van der Waals surface area contributed by atoms with E-state index in [0.29, 0.717) is 12.3 Å². The third kappa shape index (κ3) is 3.92. The third-order valence-corrected chi connectivity index (χ3v) is 6.92. The average molecular weight is 380 g/mol. The van der Waals surface area contributed by atoms with Crippen molar-refractivity contribution >= 4 is 11.9 Å². The van der Waals surface area contributed by atoms with E-state index in [9.17, 15) is 19.8 Å². The van der Waals surface area contributed by atoms with E-state index in [1.54, 1.807) is 0 Å². The number of carbonyl (C=O) groups is 2. The Morgan fingerprint density at radius 1 is 1.26 bits per heavy atom. The number of hydrogen-bond donors (Lipinski definition) is 2. The van der Waals surface area contributed by atoms with Gasteiger partial charge in [-0.2, -0.15) is 0 Å². The molecule has 0 aromatic heterocycles. The SMILES string of the molecule is C=C(C)C(=O)OC(CO)COC(=O)C12CC3CCC(CC)(CC(O)(C3)C1)C2. The molecule has 0 heterocycles. The van der Waals surface area contributed by atoms with E-state index in [-0.39, 0.29) is 23.6 Å². The van der Waals surface area contributed by atoms with Crippen molar-refractivity contribution in [2.75, 3.05) is 13.2 Å². The summed E-state index contributed by atoms with van der Waals surface area (Å²) in [5, 5.41) is 20.6. The summed E-state index contributed by atoms with van der Waals surface area (Å²) in [4.78, 5) is 24.8. The molecule has 4 saturated carbocycles. The van der Waals surface area contributed by atoms with Crippen LogP contribution in [0.15, 0.2) is 12.2 Å². The number of carbonyl (C=O) groups excluding carboxylic acids is 2. The summed E-state index contributed by atoms with van der Waals surface area (Å²) in [5.41, 5.74) is -1.22. The molecule has 4 bridgehead atoms. The Labute approximate surface area is 160 Å². The summed E-state index contributed by atoms with van der Waals surface area (Å²) in [6, 6.07) is 0. The van der Waals surface area contributed by atoms with Crippen molar-refractivity contribution in [3.63, 3.8) is 0 Å². The van der Waals surface area contributed by atoms with Crippen LogP contribution in [0.4, 0.5) is 0 Å². The Morgan fingerprint density at radius 3 is 2.63 bits per heavy atom. The van der Waals surface area contributed by atoms with Crippen LogP contribution in [0.5, 0.6) is 0 Å². The Balaban J connectivity index is 1.72. The van der Waals surface area contributed by atoms with Gasteiger partial charge in [-0.15, -0.1) is 0 Å². The predicted molar refractivity (Wildman–Crippen MR) is 98.7 cm³/mol. The fraction of sp³-hybridized carbons (Fsp3) is 0.810. The molecule has 0 radical (unpaired) electrons. The monoisotopic (exact) mass is 380 g/mol. The van der Waals surface area contributed by atoms with E-state index in [1.165, 1.54) is 6.92 Å². The lowest BCUT2D eigenvalue weighted by molar-refractivity contribution is -0.189. The number of fused-ring (bicyclic) bond motifs is 1. The second-order valence-corrected chi connectivity index (χ2v) is 9.29. The number of ether oxygens (including phenoxy) is 2. The van der Waals surface area contributed by atoms with Crippen molar-refractivity contribution in [3.05, 3.63) is 12.2 Å². The van der Waals surface area contributed by atoms with Crippen molar-refractivity contribution in [1.82, 2.24) is 0 Å². The van der Waals surface area contributed by atoms with Crippen molar-refractivity contribution in [1.29, 1.82) is 0 Å². The Hall–Kier alpha value is -1.40. The van der Waals surface area contributed by atoms with Crippen LogP contribution in [0.1, 0.15) is 65.2 Å². The zero-order chi connectivity index (χ0) is 19.9. The van der Waals surface area contributed by atoms with Crippen molar-refractivity contribution in [2.24, 2.45) is 16.7 Å². The first-order valence-corrected chi connectivity index (χ1v) is 10.0. The molecular weight excluding hydrogens is 348 g/mol. The van der Waals surface area contributed by atoms with Crippen LogP contribution < -0.4 is 0 Å². The minimum absolute atomic E-state index is 0.0000674. The van der Waals surface area contributed by atoms with E-state index in [1.807, 2.05) is 0 Å². The molecule has 0 aliphatic heterocycles. The van der Waals surface area contributed by atoms with Crippen molar-refractivity contribution < 1.29 is 29.3 Å². The summed E-state index contributed by atoms with van der Waals surface area (Å²) in [5.74, 6) is -0.590. The predicted octanol–water partition coefficient (Wildman–Crippen LogP) is 2.51. The Kier molecular flexibility index (Phi) is 5.43. The van der Waals surface area contributed by atoms with Crippen molar-refractivity contribution in [3.8, 4) is 0 Å². The van der Waals surface area contributed by atoms with Crippen LogP contribution in [-0.4, -0.2) is 47.1 Å². The third-order valence-electron chi connectivity index (χ3n) is 6.92. The van der Waals surface area contributed by atoms with Gasteiger partial charge >= 0.3 is 11.9 Å². The first-order chi connectivity index (χ1) is 12.6. The van der Waals surface area contributed by atoms with Gasteiger partial charge in [-0.3, -0.25) is 4.79 Å². The van der Waals surface area contributed by atoms with Gasteiger partial charge in [-0.25, -0.2) is 4.79 Å². The maximum Gasteiger partial charge on any atom is 0.333 e. The maximum atomic E-state index is 13.1. The lowest BCUT2D eigenvalue weighted by Gasteiger charge is -2.55. The smallest absolute Gasteiger partial charge is 0.333 e. The normalized spacial score (nSPS) is 38.1. The molecule has 4 rings (SSSR count). The Morgan fingerprint density at radius 2 is 2.00 bits per heavy atom. The van der Waals surface area contributed by atoms with Crippen LogP contribution in [-0.2, 0) is 19.1 Å². The lowest BCUT2D eigenvalue weighted by Crippen LogP contribution is -2.56. The number of aliphatic hydroxyl groups excluding tert-OH is 1. The molecule has 0 aromatic rings. The van der Waals surface area contributed by atoms with Crippen LogP contribution in [0, 0.1) is 16.7 Å². The molecule has 4 fully saturated rings. The van der Waals surface area contributed by atoms with Gasteiger partial charge in [0.1, 0.15) is 6.61 Å². The van der Waals surface area contributed by atoms with Gasteiger partial charge in [0, 0.05) is 5.57 Å². The van der Waals surface area contributed by atoms with E-state index >= 15 is 0 Å². The van der Waals surface area contributed by atoms with Gasteiger partial charge in [0.15, 0.2) is 6.10 Å². The van der Waals surface area contributed by atoms with E-state index in [4.69, 9.17) is 9.47 Å². The molecule has 5 unspecified atom stereocenters. The second kappa shape index (κ2) is 7.21. The fourth-order valence-corrected chi connectivity index (χ4v) is 5.93. The minimum Gasteiger partial charge on any atom is -0.461 e. The van der Waals surface area contributed by atoms with Crippen molar-refractivity contribution in [2.45, 2.75) is 76.9 Å². The average Bonchev–Trinajstić information content (AvgIpc) is 2.79. The molecule has 0 saturated heterocycles. The maximum absolute atomic E-state index is 13.1. The van der Waals surface area contributed by atoms with Gasteiger partial charge in [-0.05, 0) is 63.2 Å². The largest absolute Gasteiger partial charge is 0.461 e. The van der Waals surface area contributed by atoms with E-state index in [2.05, 4.69) is 13.5 Å². The molecule has 2 N–H and O–H groups in total. The molecule has 152 valence electrons. The first-order valence-electron chi connectivity index (χ1n) is 10.0. The number of hydrogen-bond acceptors (Lipinski definition) is 6. The molecule has 0 spiro atoms. The van der Waals surface area contributed by atoms with Crippen LogP contribution >= 0.6 is 0 Å². The molecule has 0 aromatic carbocycles.